The minimum atomic E-state index is -4.82. The summed E-state index contributed by atoms with van der Waals surface area (Å²) in [6, 6.07) is 9.21. The summed E-state index contributed by atoms with van der Waals surface area (Å²) < 4.78 is 41.4. The Kier molecular flexibility index (Phi) is 3.84. The van der Waals surface area contributed by atoms with Gasteiger partial charge in [0, 0.05) is 16.7 Å². The van der Waals surface area contributed by atoms with E-state index in [1.165, 1.54) is 0 Å². The van der Waals surface area contributed by atoms with E-state index in [-0.39, 0.29) is 11.6 Å². The minimum Gasteiger partial charge on any atom is -0.362 e. The molecule has 2 aliphatic rings. The van der Waals surface area contributed by atoms with Gasteiger partial charge < -0.3 is 5.11 Å². The summed E-state index contributed by atoms with van der Waals surface area (Å²) in [5.41, 5.74) is -1.22. The van der Waals surface area contributed by atoms with Gasteiger partial charge in [0.2, 0.25) is 5.13 Å². The van der Waals surface area contributed by atoms with Crippen molar-refractivity contribution in [2.75, 3.05) is 5.01 Å². The van der Waals surface area contributed by atoms with E-state index in [0.717, 1.165) is 23.3 Å². The van der Waals surface area contributed by atoms with E-state index < -0.39 is 17.8 Å². The Hall–Kier alpha value is -1.93. The molecule has 0 bridgehead atoms. The van der Waals surface area contributed by atoms with Gasteiger partial charge in [-0.25, -0.2) is 4.98 Å². The molecule has 0 amide bonds. The normalized spacial score (nSPS) is 26.5. The molecule has 4 nitrogen and oxygen atoms in total. The van der Waals surface area contributed by atoms with Crippen molar-refractivity contribution in [3.05, 3.63) is 35.7 Å². The van der Waals surface area contributed by atoms with Crippen LogP contribution in [-0.4, -0.2) is 27.7 Å². The SMILES string of the molecule is O[C@]1(C(F)(F)F)[C@H]2CCCCC2=NN1c1nc(-c2ccccc2)cs1. The molecule has 4 rings (SSSR count). The number of thiazole rings is 1. The first-order valence-electron chi connectivity index (χ1n) is 8.09. The molecule has 1 aromatic carbocycles. The van der Waals surface area contributed by atoms with Gasteiger partial charge in [0.05, 0.1) is 11.6 Å². The highest BCUT2D eigenvalue weighted by Gasteiger charge is 2.67. The Morgan fingerprint density at radius 1 is 1.20 bits per heavy atom. The number of aliphatic hydroxyl groups is 1. The van der Waals surface area contributed by atoms with Crippen LogP contribution in [0.5, 0.6) is 0 Å². The zero-order valence-electron chi connectivity index (χ0n) is 13.2. The lowest BCUT2D eigenvalue weighted by atomic mass is 9.80. The summed E-state index contributed by atoms with van der Waals surface area (Å²) in [7, 11) is 0. The smallest absolute Gasteiger partial charge is 0.362 e. The summed E-state index contributed by atoms with van der Waals surface area (Å²) in [4.78, 5) is 4.31. The number of alkyl halides is 3. The van der Waals surface area contributed by atoms with E-state index in [1.807, 2.05) is 30.3 Å². The van der Waals surface area contributed by atoms with Crippen LogP contribution in [-0.2, 0) is 0 Å². The molecule has 132 valence electrons. The summed E-state index contributed by atoms with van der Waals surface area (Å²) in [6.45, 7) is 0. The first-order valence-corrected chi connectivity index (χ1v) is 8.97. The van der Waals surface area contributed by atoms with E-state index in [0.29, 0.717) is 29.3 Å². The van der Waals surface area contributed by atoms with E-state index >= 15 is 0 Å². The van der Waals surface area contributed by atoms with Crippen LogP contribution >= 0.6 is 11.3 Å². The number of halogens is 3. The number of hydrazone groups is 1. The van der Waals surface area contributed by atoms with Gasteiger partial charge in [-0.05, 0) is 19.3 Å². The third-order valence-electron chi connectivity index (χ3n) is 4.78. The van der Waals surface area contributed by atoms with Crippen LogP contribution in [0.3, 0.4) is 0 Å². The first kappa shape index (κ1) is 16.5. The molecule has 8 heteroatoms. The van der Waals surface area contributed by atoms with E-state index in [1.54, 1.807) is 5.38 Å². The van der Waals surface area contributed by atoms with Crippen molar-refractivity contribution >= 4 is 22.2 Å². The van der Waals surface area contributed by atoms with Crippen LogP contribution in [0.2, 0.25) is 0 Å². The van der Waals surface area contributed by atoms with Crippen molar-refractivity contribution in [2.24, 2.45) is 11.0 Å². The van der Waals surface area contributed by atoms with E-state index in [2.05, 4.69) is 10.1 Å². The predicted octanol–water partition coefficient (Wildman–Crippen LogP) is 4.43. The molecule has 1 saturated carbocycles. The Balaban J connectivity index is 1.75. The van der Waals surface area contributed by atoms with Crippen molar-refractivity contribution in [3.8, 4) is 11.3 Å². The molecule has 0 saturated heterocycles. The van der Waals surface area contributed by atoms with Gasteiger partial charge in [-0.2, -0.15) is 23.3 Å². The average Bonchev–Trinajstić information content (AvgIpc) is 3.19. The molecule has 0 spiro atoms. The molecule has 1 aliphatic carbocycles. The Labute approximate surface area is 146 Å². The van der Waals surface area contributed by atoms with Gasteiger partial charge in [0.15, 0.2) is 0 Å². The second-order valence-corrected chi connectivity index (χ2v) is 7.14. The fourth-order valence-corrected chi connectivity index (χ4v) is 4.35. The first-order chi connectivity index (χ1) is 11.9. The second kappa shape index (κ2) is 5.81. The molecule has 1 N–H and O–H groups in total. The van der Waals surface area contributed by atoms with Gasteiger partial charge >= 0.3 is 6.18 Å². The van der Waals surface area contributed by atoms with Gasteiger partial charge in [0.1, 0.15) is 0 Å². The molecular weight excluding hydrogens is 351 g/mol. The molecule has 2 atom stereocenters. The van der Waals surface area contributed by atoms with E-state index in [4.69, 9.17) is 0 Å². The van der Waals surface area contributed by atoms with Crippen LogP contribution in [0.4, 0.5) is 18.3 Å². The maximum Gasteiger partial charge on any atom is 0.439 e. The number of hydrogen-bond acceptors (Lipinski definition) is 5. The lowest BCUT2D eigenvalue weighted by Crippen LogP contribution is -2.60. The summed E-state index contributed by atoms with van der Waals surface area (Å²) in [5, 5.41) is 17.2. The minimum absolute atomic E-state index is 0.0561. The van der Waals surface area contributed by atoms with Gasteiger partial charge in [-0.3, -0.25) is 0 Å². The molecule has 1 aromatic heterocycles. The van der Waals surface area contributed by atoms with Crippen LogP contribution in [0.25, 0.3) is 11.3 Å². The van der Waals surface area contributed by atoms with Crippen molar-refractivity contribution in [2.45, 2.75) is 37.6 Å². The van der Waals surface area contributed by atoms with Gasteiger partial charge in [-0.15, -0.1) is 11.3 Å². The van der Waals surface area contributed by atoms with Crippen LogP contribution in [0.15, 0.2) is 40.8 Å². The number of benzene rings is 1. The van der Waals surface area contributed by atoms with Crippen LogP contribution in [0, 0.1) is 5.92 Å². The lowest BCUT2D eigenvalue weighted by Gasteiger charge is -2.38. The maximum atomic E-state index is 13.8. The topological polar surface area (TPSA) is 48.7 Å². The Bertz CT molecular complexity index is 805. The van der Waals surface area contributed by atoms with Crippen LogP contribution < -0.4 is 5.01 Å². The molecule has 25 heavy (non-hydrogen) atoms. The molecule has 1 aliphatic heterocycles. The highest BCUT2D eigenvalue weighted by atomic mass is 32.1. The largest absolute Gasteiger partial charge is 0.439 e. The molecule has 2 aromatic rings. The maximum absolute atomic E-state index is 13.8. The third-order valence-corrected chi connectivity index (χ3v) is 5.59. The van der Waals surface area contributed by atoms with Crippen molar-refractivity contribution in [1.29, 1.82) is 0 Å². The number of anilines is 1. The monoisotopic (exact) mass is 367 g/mol. The standard InChI is InChI=1S/C17H16F3N3OS/c18-17(19,20)16(24)12-8-4-5-9-13(12)22-23(16)15-21-14(10-25-15)11-6-2-1-3-7-11/h1-3,6-7,10,12,24H,4-5,8-9H2/t12-,16-/m0/s1. The molecule has 0 unspecified atom stereocenters. The average molecular weight is 367 g/mol. The van der Waals surface area contributed by atoms with Gasteiger partial charge in [0.25, 0.3) is 5.72 Å². The number of rotatable bonds is 2. The van der Waals surface area contributed by atoms with Crippen LogP contribution in [0.1, 0.15) is 25.7 Å². The quantitative estimate of drug-likeness (QED) is 0.854. The number of fused-ring (bicyclic) bond motifs is 1. The van der Waals surface area contributed by atoms with Crippen molar-refractivity contribution < 1.29 is 18.3 Å². The molecule has 2 heterocycles. The molecule has 1 fully saturated rings. The Morgan fingerprint density at radius 2 is 1.96 bits per heavy atom. The summed E-state index contributed by atoms with van der Waals surface area (Å²) in [6.07, 6.45) is -2.61. The lowest BCUT2D eigenvalue weighted by molar-refractivity contribution is -0.269. The van der Waals surface area contributed by atoms with Crippen molar-refractivity contribution in [1.82, 2.24) is 4.98 Å². The third kappa shape index (κ3) is 2.55. The summed E-state index contributed by atoms with van der Waals surface area (Å²) in [5.74, 6) is -1.02. The number of nitrogens with zero attached hydrogens (tertiary/aromatic N) is 3. The molecular formula is C17H16F3N3OS. The molecule has 0 radical (unpaired) electrons. The predicted molar refractivity (Wildman–Crippen MR) is 90.4 cm³/mol. The van der Waals surface area contributed by atoms with E-state index in [9.17, 15) is 18.3 Å². The number of hydrogen-bond donors (Lipinski definition) is 1. The highest BCUT2D eigenvalue weighted by molar-refractivity contribution is 7.14. The fourth-order valence-electron chi connectivity index (χ4n) is 3.51. The number of aromatic nitrogens is 1. The zero-order valence-corrected chi connectivity index (χ0v) is 14.0. The zero-order chi connectivity index (χ0) is 17.7. The second-order valence-electron chi connectivity index (χ2n) is 6.31. The van der Waals surface area contributed by atoms with Crippen molar-refractivity contribution in [3.63, 3.8) is 0 Å². The van der Waals surface area contributed by atoms with Gasteiger partial charge in [-0.1, -0.05) is 36.8 Å². The highest BCUT2D eigenvalue weighted by Crippen LogP contribution is 2.50. The summed E-state index contributed by atoms with van der Waals surface area (Å²) >= 11 is 1.05. The Morgan fingerprint density at radius 3 is 2.68 bits per heavy atom. The fraction of sp³-hybridized carbons (Fsp3) is 0.412.